The van der Waals surface area contributed by atoms with Crippen LogP contribution in [0.1, 0.15) is 6.85 Å². The van der Waals surface area contributed by atoms with Gasteiger partial charge < -0.3 is 9.73 Å². The average Bonchev–Trinajstić information content (AvgIpc) is 3.42. The zero-order valence-corrected chi connectivity index (χ0v) is 20.4. The fourth-order valence-corrected chi connectivity index (χ4v) is 4.79. The number of para-hydroxylation sites is 1. The standard InChI is InChI=1S/C36H25NO/c1-2-6-25(7-3-1)27-14-19-31(20-15-27)37-32-21-16-28(17-22-32)26-10-12-29(13-11-26)30-18-23-36-34(24-30)33-8-4-5-9-35(33)38-36/h1-24,37H/i1D,2D,3D,6D,7D. The van der Waals surface area contributed by atoms with Crippen molar-refractivity contribution in [3.63, 3.8) is 0 Å². The summed E-state index contributed by atoms with van der Waals surface area (Å²) in [6.45, 7) is 0. The summed E-state index contributed by atoms with van der Waals surface area (Å²) in [6.07, 6.45) is 0. The molecule has 7 rings (SSSR count). The quantitative estimate of drug-likeness (QED) is 0.258. The van der Waals surface area contributed by atoms with Gasteiger partial charge in [0.1, 0.15) is 11.2 Å². The van der Waals surface area contributed by atoms with Crippen LogP contribution in [0, 0.1) is 0 Å². The van der Waals surface area contributed by atoms with E-state index in [0.29, 0.717) is 5.56 Å². The van der Waals surface area contributed by atoms with Crippen LogP contribution in [0.3, 0.4) is 0 Å². The van der Waals surface area contributed by atoms with Gasteiger partial charge in [-0.25, -0.2) is 0 Å². The maximum Gasteiger partial charge on any atom is 0.135 e. The molecule has 0 spiro atoms. The first-order chi connectivity index (χ1) is 20.9. The van der Waals surface area contributed by atoms with Gasteiger partial charge in [-0.05, 0) is 75.8 Å². The number of benzene rings is 6. The van der Waals surface area contributed by atoms with Gasteiger partial charge in [0.2, 0.25) is 0 Å². The molecule has 0 saturated carbocycles. The van der Waals surface area contributed by atoms with Crippen LogP contribution >= 0.6 is 0 Å². The van der Waals surface area contributed by atoms with Crippen LogP contribution in [0.2, 0.25) is 0 Å². The van der Waals surface area contributed by atoms with Crippen LogP contribution in [-0.2, 0) is 0 Å². The van der Waals surface area contributed by atoms with Crippen molar-refractivity contribution in [3.8, 4) is 33.4 Å². The van der Waals surface area contributed by atoms with Crippen LogP contribution in [0.4, 0.5) is 11.4 Å². The van der Waals surface area contributed by atoms with Crippen molar-refractivity contribution in [3.05, 3.63) is 145 Å². The Labute approximate surface area is 228 Å². The number of furan rings is 1. The van der Waals surface area contributed by atoms with Crippen LogP contribution in [0.15, 0.2) is 150 Å². The first-order valence-corrected chi connectivity index (χ1v) is 12.4. The zero-order valence-electron chi connectivity index (χ0n) is 25.4. The molecule has 1 N–H and O–H groups in total. The second-order valence-electron chi connectivity index (χ2n) is 9.17. The molecule has 6 aromatic carbocycles. The first kappa shape index (κ1) is 17.4. The van der Waals surface area contributed by atoms with Gasteiger partial charge in [-0.15, -0.1) is 0 Å². The second kappa shape index (κ2) is 9.42. The highest BCUT2D eigenvalue weighted by molar-refractivity contribution is 6.06. The van der Waals surface area contributed by atoms with E-state index in [9.17, 15) is 0 Å². The summed E-state index contributed by atoms with van der Waals surface area (Å²) in [4.78, 5) is 0. The molecular formula is C36H25NO. The molecule has 0 bridgehead atoms. The molecule has 0 atom stereocenters. The fourth-order valence-electron chi connectivity index (χ4n) is 4.79. The highest BCUT2D eigenvalue weighted by Gasteiger charge is 2.08. The number of hydrogen-bond donors (Lipinski definition) is 1. The van der Waals surface area contributed by atoms with E-state index in [2.05, 4.69) is 59.9 Å². The number of hydrogen-bond acceptors (Lipinski definition) is 2. The van der Waals surface area contributed by atoms with Crippen molar-refractivity contribution in [2.75, 3.05) is 5.32 Å². The van der Waals surface area contributed by atoms with Crippen LogP contribution in [-0.4, -0.2) is 0 Å². The van der Waals surface area contributed by atoms with Crippen molar-refractivity contribution in [2.24, 2.45) is 0 Å². The number of rotatable bonds is 5. The molecule has 0 saturated heterocycles. The minimum atomic E-state index is -0.391. The fraction of sp³-hybridized carbons (Fsp3) is 0. The molecule has 0 aliphatic carbocycles. The molecule has 0 amide bonds. The summed E-state index contributed by atoms with van der Waals surface area (Å²) in [5.74, 6) is 0. The molecule has 0 aliphatic heterocycles. The lowest BCUT2D eigenvalue weighted by Crippen LogP contribution is -1.90. The molecule has 2 heteroatoms. The summed E-state index contributed by atoms with van der Waals surface area (Å²) in [5, 5.41) is 5.61. The lowest BCUT2D eigenvalue weighted by molar-refractivity contribution is 0.669. The van der Waals surface area contributed by atoms with Gasteiger partial charge in [-0.2, -0.15) is 0 Å². The third-order valence-electron chi connectivity index (χ3n) is 6.78. The lowest BCUT2D eigenvalue weighted by Gasteiger charge is -2.10. The Bertz CT molecular complexity index is 2100. The van der Waals surface area contributed by atoms with Gasteiger partial charge in [-0.3, -0.25) is 0 Å². The van der Waals surface area contributed by atoms with Crippen LogP contribution < -0.4 is 5.32 Å². The molecule has 0 radical (unpaired) electrons. The topological polar surface area (TPSA) is 25.2 Å². The molecule has 1 heterocycles. The van der Waals surface area contributed by atoms with Gasteiger partial charge in [0.05, 0.1) is 6.85 Å². The Balaban J connectivity index is 1.07. The van der Waals surface area contributed by atoms with E-state index in [1.807, 2.05) is 48.5 Å². The minimum Gasteiger partial charge on any atom is -0.456 e. The molecule has 38 heavy (non-hydrogen) atoms. The van der Waals surface area contributed by atoms with Gasteiger partial charge >= 0.3 is 0 Å². The Morgan fingerprint density at radius 1 is 0.447 bits per heavy atom. The number of fused-ring (bicyclic) bond motifs is 3. The molecule has 0 unspecified atom stereocenters. The van der Waals surface area contributed by atoms with Crippen molar-refractivity contribution in [2.45, 2.75) is 0 Å². The summed E-state index contributed by atoms with van der Waals surface area (Å²) in [5.41, 5.74) is 8.80. The Morgan fingerprint density at radius 3 is 1.61 bits per heavy atom. The van der Waals surface area contributed by atoms with E-state index in [4.69, 9.17) is 11.3 Å². The van der Waals surface area contributed by atoms with Crippen molar-refractivity contribution < 1.29 is 11.3 Å². The smallest absolute Gasteiger partial charge is 0.135 e. The summed E-state index contributed by atoms with van der Waals surface area (Å²) in [7, 11) is 0. The first-order valence-electron chi connectivity index (χ1n) is 14.9. The van der Waals surface area contributed by atoms with Crippen molar-refractivity contribution in [1.29, 1.82) is 0 Å². The van der Waals surface area contributed by atoms with E-state index in [-0.39, 0.29) is 29.7 Å². The van der Waals surface area contributed by atoms with Crippen molar-refractivity contribution in [1.82, 2.24) is 0 Å². The van der Waals surface area contributed by atoms with E-state index in [1.165, 1.54) is 0 Å². The lowest BCUT2D eigenvalue weighted by atomic mass is 9.99. The summed E-state index contributed by atoms with van der Waals surface area (Å²) in [6, 6.07) is 36.9. The SMILES string of the molecule is [2H]c1c([2H])c([2H])c(-c2ccc(Nc3ccc(-c4ccc(-c5ccc6oc7ccccc7c6c5)cc4)cc3)cc2)c([2H])c1[2H]. The van der Waals surface area contributed by atoms with Gasteiger partial charge in [0.25, 0.3) is 0 Å². The van der Waals surface area contributed by atoms with Gasteiger partial charge in [-0.1, -0.05) is 103 Å². The van der Waals surface area contributed by atoms with E-state index in [1.54, 1.807) is 12.1 Å². The number of nitrogens with one attached hydrogen (secondary N) is 1. The minimum absolute atomic E-state index is 0.198. The maximum atomic E-state index is 8.21. The Morgan fingerprint density at radius 2 is 0.947 bits per heavy atom. The van der Waals surface area contributed by atoms with E-state index in [0.717, 1.165) is 55.6 Å². The molecule has 0 aliphatic rings. The Kier molecular flexibility index (Phi) is 4.31. The third-order valence-corrected chi connectivity index (χ3v) is 6.78. The van der Waals surface area contributed by atoms with Crippen LogP contribution in [0.25, 0.3) is 55.3 Å². The molecule has 2 nitrogen and oxygen atoms in total. The molecule has 7 aromatic rings. The molecule has 180 valence electrons. The third kappa shape index (κ3) is 4.23. The zero-order chi connectivity index (χ0) is 29.7. The predicted molar refractivity (Wildman–Crippen MR) is 160 cm³/mol. The average molecular weight is 493 g/mol. The molecule has 1 aromatic heterocycles. The largest absolute Gasteiger partial charge is 0.456 e. The van der Waals surface area contributed by atoms with E-state index < -0.39 is 6.04 Å². The van der Waals surface area contributed by atoms with E-state index >= 15 is 0 Å². The highest BCUT2D eigenvalue weighted by atomic mass is 16.3. The summed E-state index contributed by atoms with van der Waals surface area (Å²) < 4.78 is 46.1. The normalized spacial score (nSPS) is 13.0. The predicted octanol–water partition coefficient (Wildman–Crippen LogP) is 10.3. The molecule has 0 fully saturated rings. The second-order valence-corrected chi connectivity index (χ2v) is 9.17. The molecular weight excluding hydrogens is 462 g/mol. The van der Waals surface area contributed by atoms with Crippen LogP contribution in [0.5, 0.6) is 0 Å². The Hall–Kier alpha value is -5.08. The van der Waals surface area contributed by atoms with Crippen molar-refractivity contribution >= 4 is 33.3 Å². The van der Waals surface area contributed by atoms with Gasteiger partial charge in [0.15, 0.2) is 0 Å². The maximum absolute atomic E-state index is 8.21. The number of anilines is 2. The monoisotopic (exact) mass is 492 g/mol. The highest BCUT2D eigenvalue weighted by Crippen LogP contribution is 2.33. The summed E-state index contributed by atoms with van der Waals surface area (Å²) >= 11 is 0. The van der Waals surface area contributed by atoms with Gasteiger partial charge in [0, 0.05) is 22.1 Å².